The van der Waals surface area contributed by atoms with E-state index in [2.05, 4.69) is 15.5 Å². The van der Waals surface area contributed by atoms with Crippen LogP contribution in [0.2, 0.25) is 0 Å². The Balaban J connectivity index is 2.04. The second-order valence-corrected chi connectivity index (χ2v) is 7.45. The first-order valence-electron chi connectivity index (χ1n) is 7.48. The average molecular weight is 338 g/mol. The average Bonchev–Trinajstić information content (AvgIpc) is 3.00. The number of sulfonamides is 1. The fourth-order valence-electron chi connectivity index (χ4n) is 1.87. The molecule has 0 radical (unpaired) electrons. The van der Waals surface area contributed by atoms with E-state index in [9.17, 15) is 8.42 Å². The van der Waals surface area contributed by atoms with Gasteiger partial charge in [-0.05, 0) is 38.1 Å². The van der Waals surface area contributed by atoms with Crippen molar-refractivity contribution in [3.63, 3.8) is 0 Å². The summed E-state index contributed by atoms with van der Waals surface area (Å²) in [7, 11) is -1.88. The highest BCUT2D eigenvalue weighted by Gasteiger charge is 2.22. The van der Waals surface area contributed by atoms with Crippen molar-refractivity contribution in [1.29, 1.82) is 0 Å². The SMILES string of the molecule is CCc1noc(CNc2ccc(S(=O)(=O)N(C)C(C)C)cc2)n1. The van der Waals surface area contributed by atoms with Gasteiger partial charge in [0.05, 0.1) is 11.4 Å². The van der Waals surface area contributed by atoms with Crippen molar-refractivity contribution in [3.05, 3.63) is 36.0 Å². The Labute approximate surface area is 136 Å². The number of anilines is 1. The van der Waals surface area contributed by atoms with Crippen molar-refractivity contribution in [2.24, 2.45) is 0 Å². The number of aryl methyl sites for hydroxylation is 1. The number of aromatic nitrogens is 2. The lowest BCUT2D eigenvalue weighted by atomic mass is 10.3. The number of rotatable bonds is 7. The van der Waals surface area contributed by atoms with Gasteiger partial charge in [0.25, 0.3) is 0 Å². The predicted octanol–water partition coefficient (Wildman–Crippen LogP) is 2.27. The molecule has 0 spiro atoms. The maximum absolute atomic E-state index is 12.4. The molecule has 0 aliphatic heterocycles. The topological polar surface area (TPSA) is 88.3 Å². The monoisotopic (exact) mass is 338 g/mol. The summed E-state index contributed by atoms with van der Waals surface area (Å²) >= 11 is 0. The molecule has 0 bridgehead atoms. The fourth-order valence-corrected chi connectivity index (χ4v) is 3.24. The molecule has 0 amide bonds. The lowest BCUT2D eigenvalue weighted by Gasteiger charge is -2.21. The van der Waals surface area contributed by atoms with Gasteiger partial charge >= 0.3 is 0 Å². The van der Waals surface area contributed by atoms with Crippen LogP contribution in [0.25, 0.3) is 0 Å². The highest BCUT2D eigenvalue weighted by Crippen LogP contribution is 2.19. The van der Waals surface area contributed by atoms with Crippen LogP contribution in [0.1, 0.15) is 32.5 Å². The Hall–Kier alpha value is -1.93. The summed E-state index contributed by atoms with van der Waals surface area (Å²) in [5.41, 5.74) is 0.785. The summed E-state index contributed by atoms with van der Waals surface area (Å²) < 4.78 is 31.2. The fraction of sp³-hybridized carbons (Fsp3) is 0.467. The van der Waals surface area contributed by atoms with Crippen LogP contribution in [-0.4, -0.2) is 36.0 Å². The summed E-state index contributed by atoms with van der Waals surface area (Å²) in [6.45, 7) is 6.02. The third kappa shape index (κ3) is 4.08. The molecule has 2 aromatic rings. The van der Waals surface area contributed by atoms with Crippen molar-refractivity contribution < 1.29 is 12.9 Å². The third-order valence-corrected chi connectivity index (χ3v) is 5.58. The van der Waals surface area contributed by atoms with Crippen LogP contribution >= 0.6 is 0 Å². The Bertz CT molecular complexity index is 738. The molecule has 23 heavy (non-hydrogen) atoms. The first kappa shape index (κ1) is 17.4. The van der Waals surface area contributed by atoms with Gasteiger partial charge in [-0.3, -0.25) is 0 Å². The molecule has 1 aromatic heterocycles. The maximum Gasteiger partial charge on any atom is 0.245 e. The quantitative estimate of drug-likeness (QED) is 0.833. The molecule has 1 heterocycles. The van der Waals surface area contributed by atoms with E-state index in [0.717, 1.165) is 12.1 Å². The summed E-state index contributed by atoms with van der Waals surface area (Å²) in [6, 6.07) is 6.52. The molecule has 0 fully saturated rings. The molecule has 0 atom stereocenters. The first-order valence-corrected chi connectivity index (χ1v) is 8.92. The maximum atomic E-state index is 12.4. The lowest BCUT2D eigenvalue weighted by molar-refractivity contribution is 0.378. The molecule has 0 unspecified atom stereocenters. The van der Waals surface area contributed by atoms with Crippen LogP contribution in [-0.2, 0) is 23.0 Å². The lowest BCUT2D eigenvalue weighted by Crippen LogP contribution is -2.33. The van der Waals surface area contributed by atoms with Gasteiger partial charge in [-0.25, -0.2) is 8.42 Å². The third-order valence-electron chi connectivity index (χ3n) is 3.53. The molecule has 0 saturated heterocycles. The standard InChI is InChI=1S/C15H22N4O3S/c1-5-14-17-15(22-18-14)10-16-12-6-8-13(9-7-12)23(20,21)19(4)11(2)3/h6-9,11,16H,5,10H2,1-4H3. The number of nitrogens with one attached hydrogen (secondary N) is 1. The Morgan fingerprint density at radius 2 is 1.91 bits per heavy atom. The number of hydrogen-bond donors (Lipinski definition) is 1. The van der Waals surface area contributed by atoms with Gasteiger partial charge in [-0.1, -0.05) is 12.1 Å². The molecule has 126 valence electrons. The Kier molecular flexibility index (Phi) is 5.38. The predicted molar refractivity (Wildman–Crippen MR) is 87.5 cm³/mol. The summed E-state index contributed by atoms with van der Waals surface area (Å²) in [5.74, 6) is 1.16. The Morgan fingerprint density at radius 1 is 1.26 bits per heavy atom. The normalized spacial score (nSPS) is 12.1. The summed E-state index contributed by atoms with van der Waals surface area (Å²) in [5, 5.41) is 6.94. The second-order valence-electron chi connectivity index (χ2n) is 5.45. The van der Waals surface area contributed by atoms with Crippen LogP contribution in [0.3, 0.4) is 0 Å². The minimum atomic E-state index is -3.46. The van der Waals surface area contributed by atoms with Crippen LogP contribution in [0.4, 0.5) is 5.69 Å². The first-order chi connectivity index (χ1) is 10.8. The van der Waals surface area contributed by atoms with Gasteiger partial charge in [-0.15, -0.1) is 0 Å². The minimum Gasteiger partial charge on any atom is -0.376 e. The zero-order valence-corrected chi connectivity index (χ0v) is 14.6. The number of nitrogens with zero attached hydrogens (tertiary/aromatic N) is 3. The second kappa shape index (κ2) is 7.10. The van der Waals surface area contributed by atoms with Crippen LogP contribution < -0.4 is 5.32 Å². The minimum absolute atomic E-state index is 0.0944. The highest BCUT2D eigenvalue weighted by molar-refractivity contribution is 7.89. The van der Waals surface area contributed by atoms with Crippen molar-refractivity contribution in [2.75, 3.05) is 12.4 Å². The van der Waals surface area contributed by atoms with Gasteiger partial charge in [0, 0.05) is 25.2 Å². The van der Waals surface area contributed by atoms with E-state index < -0.39 is 10.0 Å². The smallest absolute Gasteiger partial charge is 0.245 e. The van der Waals surface area contributed by atoms with Crippen molar-refractivity contribution in [3.8, 4) is 0 Å². The van der Waals surface area contributed by atoms with E-state index in [1.54, 1.807) is 31.3 Å². The van der Waals surface area contributed by atoms with Crippen molar-refractivity contribution >= 4 is 15.7 Å². The molecule has 0 aliphatic rings. The van der Waals surface area contributed by atoms with E-state index in [4.69, 9.17) is 4.52 Å². The molecular weight excluding hydrogens is 316 g/mol. The molecule has 1 aromatic carbocycles. The van der Waals surface area contributed by atoms with E-state index in [-0.39, 0.29) is 10.9 Å². The van der Waals surface area contributed by atoms with Gasteiger partial charge in [-0.2, -0.15) is 9.29 Å². The molecule has 0 aliphatic carbocycles. The molecule has 0 saturated carbocycles. The van der Waals surface area contributed by atoms with Crippen molar-refractivity contribution in [2.45, 2.75) is 44.7 Å². The highest BCUT2D eigenvalue weighted by atomic mass is 32.2. The van der Waals surface area contributed by atoms with Gasteiger partial charge in [0.1, 0.15) is 0 Å². The van der Waals surface area contributed by atoms with Gasteiger partial charge < -0.3 is 9.84 Å². The van der Waals surface area contributed by atoms with Crippen LogP contribution in [0.15, 0.2) is 33.7 Å². The van der Waals surface area contributed by atoms with E-state index in [1.807, 2.05) is 20.8 Å². The summed E-state index contributed by atoms with van der Waals surface area (Å²) in [6.07, 6.45) is 0.722. The largest absolute Gasteiger partial charge is 0.376 e. The van der Waals surface area contributed by atoms with Gasteiger partial charge in [0.2, 0.25) is 15.9 Å². The van der Waals surface area contributed by atoms with E-state index in [1.165, 1.54) is 4.31 Å². The molecule has 8 heteroatoms. The van der Waals surface area contributed by atoms with Crippen LogP contribution in [0.5, 0.6) is 0 Å². The Morgan fingerprint density at radius 3 is 2.43 bits per heavy atom. The zero-order chi connectivity index (χ0) is 17.0. The molecular formula is C15H22N4O3S. The summed E-state index contributed by atoms with van der Waals surface area (Å²) in [4.78, 5) is 4.47. The van der Waals surface area contributed by atoms with E-state index >= 15 is 0 Å². The molecule has 1 N–H and O–H groups in total. The number of hydrogen-bond acceptors (Lipinski definition) is 6. The van der Waals surface area contributed by atoms with E-state index in [0.29, 0.717) is 18.3 Å². The molecule has 2 rings (SSSR count). The number of benzene rings is 1. The molecule has 7 nitrogen and oxygen atoms in total. The van der Waals surface area contributed by atoms with Crippen LogP contribution in [0, 0.1) is 0 Å². The van der Waals surface area contributed by atoms with Gasteiger partial charge in [0.15, 0.2) is 5.82 Å². The zero-order valence-electron chi connectivity index (χ0n) is 13.8. The van der Waals surface area contributed by atoms with Crippen molar-refractivity contribution in [1.82, 2.24) is 14.4 Å².